The van der Waals surface area contributed by atoms with E-state index in [1.54, 1.807) is 16.7 Å². The lowest BCUT2D eigenvalue weighted by molar-refractivity contribution is -0.137. The maximum atomic E-state index is 12.8. The molecule has 0 aliphatic carbocycles. The Kier molecular flexibility index (Phi) is 9.03. The number of carbonyl (C=O) groups is 2. The molecule has 186 valence electrons. The number of amides is 2. The van der Waals surface area contributed by atoms with E-state index in [1.807, 2.05) is 6.92 Å². The van der Waals surface area contributed by atoms with E-state index in [0.29, 0.717) is 34.5 Å². The minimum Gasteiger partial charge on any atom is -0.352 e. The molecule has 3 aromatic rings. The summed E-state index contributed by atoms with van der Waals surface area (Å²) in [6.45, 7) is 2.70. The zero-order chi connectivity index (χ0) is 25.6. The van der Waals surface area contributed by atoms with Crippen LogP contribution in [0, 0.1) is 0 Å². The Hall–Kier alpha value is -2.76. The molecule has 2 aromatic carbocycles. The number of aromatic nitrogens is 3. The number of hydrogen-bond donors (Lipinski definition) is 2. The average molecular weight is 546 g/mol. The topological polar surface area (TPSA) is 88.9 Å². The van der Waals surface area contributed by atoms with Crippen molar-refractivity contribution in [1.29, 1.82) is 0 Å². The van der Waals surface area contributed by atoms with Crippen molar-refractivity contribution in [3.63, 3.8) is 0 Å². The van der Waals surface area contributed by atoms with Crippen LogP contribution in [-0.4, -0.2) is 38.9 Å². The van der Waals surface area contributed by atoms with Crippen LogP contribution in [0.25, 0.3) is 0 Å². The molecule has 0 bridgehead atoms. The third-order valence-corrected chi connectivity index (χ3v) is 6.44. The molecule has 0 aliphatic heterocycles. The standard InChI is InChI=1S/C22H20Cl2F3N5O2S/c1-2-32-18(8-9-28-20(34)13-6-7-16(23)17(24)10-13)30-31-21(32)35-12-19(33)29-15-5-3-4-14(11-15)22(25,26)27/h3-7,10-11H,2,8-9,12H2,1H3,(H,28,34)(H,29,33). The van der Waals surface area contributed by atoms with Crippen LogP contribution in [0.2, 0.25) is 10.0 Å². The maximum absolute atomic E-state index is 12.8. The lowest BCUT2D eigenvalue weighted by Gasteiger charge is -2.10. The van der Waals surface area contributed by atoms with E-state index in [4.69, 9.17) is 23.2 Å². The van der Waals surface area contributed by atoms with Gasteiger partial charge in [-0.2, -0.15) is 13.2 Å². The van der Waals surface area contributed by atoms with E-state index in [2.05, 4.69) is 20.8 Å². The Morgan fingerprint density at radius 1 is 1.09 bits per heavy atom. The van der Waals surface area contributed by atoms with Gasteiger partial charge in [-0.1, -0.05) is 41.0 Å². The first kappa shape index (κ1) is 26.8. The second-order valence-electron chi connectivity index (χ2n) is 7.19. The summed E-state index contributed by atoms with van der Waals surface area (Å²) in [7, 11) is 0. The monoisotopic (exact) mass is 545 g/mol. The van der Waals surface area contributed by atoms with Crippen LogP contribution in [0.5, 0.6) is 0 Å². The van der Waals surface area contributed by atoms with Crippen molar-refractivity contribution >= 4 is 52.5 Å². The van der Waals surface area contributed by atoms with Gasteiger partial charge in [0.25, 0.3) is 5.91 Å². The number of carbonyl (C=O) groups excluding carboxylic acids is 2. The van der Waals surface area contributed by atoms with Crippen molar-refractivity contribution in [1.82, 2.24) is 20.1 Å². The number of hydrogen-bond acceptors (Lipinski definition) is 5. The third kappa shape index (κ3) is 7.36. The Balaban J connectivity index is 1.53. The first-order valence-electron chi connectivity index (χ1n) is 10.3. The molecule has 0 saturated carbocycles. The van der Waals surface area contributed by atoms with Gasteiger partial charge in [0.05, 0.1) is 21.4 Å². The van der Waals surface area contributed by atoms with Crippen LogP contribution in [0.3, 0.4) is 0 Å². The minimum absolute atomic E-state index is 0.0563. The van der Waals surface area contributed by atoms with Crippen LogP contribution < -0.4 is 10.6 Å². The summed E-state index contributed by atoms with van der Waals surface area (Å²) in [6.07, 6.45) is -4.10. The minimum atomic E-state index is -4.50. The third-order valence-electron chi connectivity index (χ3n) is 4.73. The van der Waals surface area contributed by atoms with Crippen molar-refractivity contribution in [2.24, 2.45) is 0 Å². The number of benzene rings is 2. The molecule has 0 atom stereocenters. The molecule has 35 heavy (non-hydrogen) atoms. The number of rotatable bonds is 9. The van der Waals surface area contributed by atoms with E-state index in [9.17, 15) is 22.8 Å². The van der Waals surface area contributed by atoms with E-state index in [1.165, 1.54) is 18.2 Å². The fourth-order valence-electron chi connectivity index (χ4n) is 3.06. The molecule has 2 N–H and O–H groups in total. The fraction of sp³-hybridized carbons (Fsp3) is 0.273. The zero-order valence-corrected chi connectivity index (χ0v) is 20.7. The lowest BCUT2D eigenvalue weighted by Crippen LogP contribution is -2.26. The van der Waals surface area contributed by atoms with E-state index >= 15 is 0 Å². The molecule has 7 nitrogen and oxygen atoms in total. The lowest BCUT2D eigenvalue weighted by atomic mass is 10.2. The summed E-state index contributed by atoms with van der Waals surface area (Å²) in [6, 6.07) is 9.01. The van der Waals surface area contributed by atoms with Gasteiger partial charge in [0, 0.05) is 30.8 Å². The second-order valence-corrected chi connectivity index (χ2v) is 8.95. The largest absolute Gasteiger partial charge is 0.416 e. The first-order chi connectivity index (χ1) is 16.6. The fourth-order valence-corrected chi connectivity index (χ4v) is 4.18. The summed E-state index contributed by atoms with van der Waals surface area (Å²) in [5, 5.41) is 14.6. The molecule has 13 heteroatoms. The van der Waals surface area contributed by atoms with E-state index < -0.39 is 17.6 Å². The van der Waals surface area contributed by atoms with E-state index in [-0.39, 0.29) is 28.9 Å². The molecule has 0 spiro atoms. The molecular formula is C22H20Cl2F3N5O2S. The zero-order valence-electron chi connectivity index (χ0n) is 18.3. The second kappa shape index (κ2) is 11.8. The van der Waals surface area contributed by atoms with Crippen LogP contribution in [0.4, 0.5) is 18.9 Å². The highest BCUT2D eigenvalue weighted by atomic mass is 35.5. The molecule has 0 radical (unpaired) electrons. The van der Waals surface area contributed by atoms with Crippen LogP contribution in [-0.2, 0) is 23.9 Å². The predicted octanol–water partition coefficient (Wildman–Crippen LogP) is 5.33. The van der Waals surface area contributed by atoms with Crippen LogP contribution in [0.1, 0.15) is 28.7 Å². The molecule has 1 aromatic heterocycles. The van der Waals surface area contributed by atoms with Gasteiger partial charge >= 0.3 is 6.18 Å². The molecule has 3 rings (SSSR count). The average Bonchev–Trinajstić information content (AvgIpc) is 3.20. The van der Waals surface area contributed by atoms with Crippen molar-refractivity contribution in [3.05, 3.63) is 69.5 Å². The Morgan fingerprint density at radius 3 is 2.54 bits per heavy atom. The number of nitrogens with zero attached hydrogens (tertiary/aromatic N) is 3. The number of anilines is 1. The number of halogens is 5. The van der Waals surface area contributed by atoms with Crippen molar-refractivity contribution in [2.75, 3.05) is 17.6 Å². The van der Waals surface area contributed by atoms with Gasteiger partial charge in [-0.05, 0) is 43.3 Å². The highest BCUT2D eigenvalue weighted by molar-refractivity contribution is 7.99. The van der Waals surface area contributed by atoms with Gasteiger partial charge in [0.2, 0.25) is 5.91 Å². The predicted molar refractivity (Wildman–Crippen MR) is 129 cm³/mol. The van der Waals surface area contributed by atoms with E-state index in [0.717, 1.165) is 23.9 Å². The highest BCUT2D eigenvalue weighted by Crippen LogP contribution is 2.30. The van der Waals surface area contributed by atoms with Gasteiger partial charge < -0.3 is 15.2 Å². The van der Waals surface area contributed by atoms with Crippen molar-refractivity contribution in [3.8, 4) is 0 Å². The van der Waals surface area contributed by atoms with Crippen molar-refractivity contribution in [2.45, 2.75) is 31.2 Å². The molecule has 0 unspecified atom stereocenters. The number of thioether (sulfide) groups is 1. The Labute approximate surface area is 213 Å². The van der Waals surface area contributed by atoms with Gasteiger partial charge in [-0.3, -0.25) is 9.59 Å². The highest BCUT2D eigenvalue weighted by Gasteiger charge is 2.30. The summed E-state index contributed by atoms with van der Waals surface area (Å²) in [5.41, 5.74) is -0.412. The maximum Gasteiger partial charge on any atom is 0.416 e. The molecule has 0 saturated heterocycles. The van der Waals surface area contributed by atoms with Gasteiger partial charge in [0.15, 0.2) is 5.16 Å². The van der Waals surface area contributed by atoms with Gasteiger partial charge in [-0.15, -0.1) is 10.2 Å². The smallest absolute Gasteiger partial charge is 0.352 e. The SMILES string of the molecule is CCn1c(CCNC(=O)c2ccc(Cl)c(Cl)c2)nnc1SCC(=O)Nc1cccc(C(F)(F)F)c1. The quantitative estimate of drug-likeness (QED) is 0.355. The number of alkyl halides is 3. The molecule has 0 aliphatic rings. The summed E-state index contributed by atoms with van der Waals surface area (Å²) in [5.74, 6) is -0.243. The summed E-state index contributed by atoms with van der Waals surface area (Å²) >= 11 is 12.9. The molecular weight excluding hydrogens is 526 g/mol. The molecule has 1 heterocycles. The summed E-state index contributed by atoms with van der Waals surface area (Å²) in [4.78, 5) is 24.5. The normalized spacial score (nSPS) is 11.4. The van der Waals surface area contributed by atoms with Crippen molar-refractivity contribution < 1.29 is 22.8 Å². The Morgan fingerprint density at radius 2 is 1.86 bits per heavy atom. The summed E-state index contributed by atoms with van der Waals surface area (Å²) < 4.78 is 40.3. The molecule has 0 fully saturated rings. The molecule has 2 amide bonds. The van der Waals surface area contributed by atoms with Gasteiger partial charge in [-0.25, -0.2) is 0 Å². The number of nitrogens with one attached hydrogen (secondary N) is 2. The van der Waals surface area contributed by atoms with Gasteiger partial charge in [0.1, 0.15) is 5.82 Å². The van der Waals surface area contributed by atoms with Crippen LogP contribution in [0.15, 0.2) is 47.6 Å². The first-order valence-corrected chi connectivity index (χ1v) is 12.1. The Bertz CT molecular complexity index is 1220. The van der Waals surface area contributed by atoms with Crippen LogP contribution >= 0.6 is 35.0 Å².